The van der Waals surface area contributed by atoms with E-state index >= 15 is 0 Å². The van der Waals surface area contributed by atoms with E-state index in [0.29, 0.717) is 0 Å². The zero-order valence-corrected chi connectivity index (χ0v) is 51.3. The molecule has 21 rings (SSSR count). The van der Waals surface area contributed by atoms with Gasteiger partial charge in [-0.2, -0.15) is 0 Å². The fourth-order valence-electron chi connectivity index (χ4n) is 16.2. The van der Waals surface area contributed by atoms with Crippen LogP contribution < -0.4 is 0 Å². The second kappa shape index (κ2) is 19.2. The van der Waals surface area contributed by atoms with E-state index in [2.05, 4.69) is 311 Å². The minimum Gasteiger partial charge on any atom is -0.309 e. The second-order valence-electron chi connectivity index (χ2n) is 25.0. The van der Waals surface area contributed by atoms with Gasteiger partial charge in [0.15, 0.2) is 0 Å². The Kier molecular flexibility index (Phi) is 10.6. The summed E-state index contributed by atoms with van der Waals surface area (Å²) in [5.74, 6) is 0. The molecule has 2 aliphatic heterocycles. The van der Waals surface area contributed by atoms with Crippen molar-refractivity contribution in [1.82, 2.24) is 13.7 Å². The van der Waals surface area contributed by atoms with E-state index in [9.17, 15) is 0 Å². The molecule has 426 valence electrons. The average molecular weight is 1200 g/mol. The Morgan fingerprint density at radius 3 is 1.37 bits per heavy atom. The minimum atomic E-state index is 0.972. The lowest BCUT2D eigenvalue weighted by Gasteiger charge is -2.22. The van der Waals surface area contributed by atoms with Gasteiger partial charge in [-0.15, -0.1) is 0 Å². The molecular weight excluding hydrogens is 1150 g/mol. The summed E-state index contributed by atoms with van der Waals surface area (Å²) in [5, 5.41) is 12.9. The highest BCUT2D eigenvalue weighted by Crippen LogP contribution is 2.55. The van der Waals surface area contributed by atoms with Crippen LogP contribution >= 0.6 is 23.5 Å². The van der Waals surface area contributed by atoms with Crippen molar-refractivity contribution in [2.24, 2.45) is 0 Å². The minimum absolute atomic E-state index is 0.972. The first-order valence-electron chi connectivity index (χ1n) is 31.7. The van der Waals surface area contributed by atoms with Crippen LogP contribution in [0.3, 0.4) is 0 Å². The van der Waals surface area contributed by atoms with E-state index in [1.54, 1.807) is 0 Å². The van der Waals surface area contributed by atoms with Crippen molar-refractivity contribution in [1.29, 1.82) is 0 Å². The lowest BCUT2D eigenvalue weighted by Crippen LogP contribution is -1.97. The highest BCUT2D eigenvalue weighted by Gasteiger charge is 2.28. The Hall–Kier alpha value is -11.1. The van der Waals surface area contributed by atoms with E-state index in [0.717, 1.165) is 23.5 Å². The smallest absolute Gasteiger partial charge is 0.0553 e. The van der Waals surface area contributed by atoms with Crippen molar-refractivity contribution in [3.63, 3.8) is 0 Å². The number of fused-ring (bicyclic) bond motifs is 18. The largest absolute Gasteiger partial charge is 0.309 e. The zero-order chi connectivity index (χ0) is 59.9. The van der Waals surface area contributed by atoms with Gasteiger partial charge in [0.2, 0.25) is 0 Å². The van der Waals surface area contributed by atoms with E-state index in [4.69, 9.17) is 0 Å². The van der Waals surface area contributed by atoms with Gasteiger partial charge in [0, 0.05) is 79.7 Å². The molecule has 5 heteroatoms. The fourth-order valence-corrected chi connectivity index (χ4v) is 18.4. The van der Waals surface area contributed by atoms with Crippen molar-refractivity contribution >= 4 is 110 Å². The van der Waals surface area contributed by atoms with Crippen LogP contribution in [-0.2, 0) is 6.42 Å². The van der Waals surface area contributed by atoms with Crippen LogP contribution in [0.1, 0.15) is 11.1 Å². The summed E-state index contributed by atoms with van der Waals surface area (Å²) in [6.07, 6.45) is 0.972. The molecular formula is C87H51N3S2. The highest BCUT2D eigenvalue weighted by atomic mass is 32.2. The van der Waals surface area contributed by atoms with Crippen LogP contribution in [0.4, 0.5) is 0 Å². The third kappa shape index (κ3) is 7.26. The number of rotatable bonds is 6. The molecule has 18 aromatic rings. The lowest BCUT2D eigenvalue weighted by atomic mass is 9.92. The quantitative estimate of drug-likeness (QED) is 0.165. The predicted octanol–water partition coefficient (Wildman–Crippen LogP) is 24.1. The van der Waals surface area contributed by atoms with Crippen LogP contribution in [0.5, 0.6) is 0 Å². The van der Waals surface area contributed by atoms with Crippen LogP contribution in [0.2, 0.25) is 0 Å². The molecule has 3 aromatic heterocycles. The topological polar surface area (TPSA) is 14.8 Å². The number of hydrogen-bond donors (Lipinski definition) is 0. The van der Waals surface area contributed by atoms with Crippen LogP contribution in [0.15, 0.2) is 317 Å². The molecule has 1 aliphatic carbocycles. The molecule has 92 heavy (non-hydrogen) atoms. The van der Waals surface area contributed by atoms with Gasteiger partial charge in [0.25, 0.3) is 0 Å². The summed E-state index contributed by atoms with van der Waals surface area (Å²) < 4.78 is 7.45. The third-order valence-electron chi connectivity index (χ3n) is 20.2. The van der Waals surface area contributed by atoms with Crippen molar-refractivity contribution in [3.8, 4) is 83.8 Å². The van der Waals surface area contributed by atoms with Crippen molar-refractivity contribution in [2.75, 3.05) is 0 Å². The maximum Gasteiger partial charge on any atom is 0.0553 e. The van der Waals surface area contributed by atoms with E-state index in [1.807, 2.05) is 23.5 Å². The Labute approximate surface area is 538 Å². The van der Waals surface area contributed by atoms with Gasteiger partial charge < -0.3 is 13.7 Å². The van der Waals surface area contributed by atoms with Crippen LogP contribution in [-0.4, -0.2) is 13.7 Å². The number of aromatic nitrogens is 3. The van der Waals surface area contributed by atoms with Crippen molar-refractivity contribution < 1.29 is 0 Å². The fraction of sp³-hybridized carbons (Fsp3) is 0.0115. The van der Waals surface area contributed by atoms with Gasteiger partial charge in [0.1, 0.15) is 0 Å². The molecule has 0 saturated carbocycles. The Morgan fingerprint density at radius 2 is 0.674 bits per heavy atom. The van der Waals surface area contributed by atoms with Gasteiger partial charge >= 0.3 is 0 Å². The molecule has 0 unspecified atom stereocenters. The molecule has 0 spiro atoms. The van der Waals surface area contributed by atoms with Crippen molar-refractivity contribution in [3.05, 3.63) is 308 Å². The molecule has 15 aromatic carbocycles. The SMILES string of the molecule is c1ccc(-n2c3cc(-c4ccc5c(c4)c4ccccc4n5-c4ccc(-c5ccc6c(c5)-c5cc7c(c8cccc(c58)S6)c5ccc(-c6ccc8c(c6)Cc6ccccc6-8)cc5n7-c5ccccc5)cc4)ccc3c3c4cccc5c4c(cc32)-c2ccccc2S5)cc1. The Bertz CT molecular complexity index is 6260. The molecule has 0 amide bonds. The molecule has 3 nitrogen and oxygen atoms in total. The molecule has 3 aliphatic rings. The summed E-state index contributed by atoms with van der Waals surface area (Å²) in [6, 6.07) is 112. The first-order chi connectivity index (χ1) is 45.6. The maximum absolute atomic E-state index is 2.51. The first kappa shape index (κ1) is 50.7. The Balaban J connectivity index is 0.664. The van der Waals surface area contributed by atoms with Crippen LogP contribution in [0, 0.1) is 0 Å². The zero-order valence-electron chi connectivity index (χ0n) is 49.7. The third-order valence-corrected chi connectivity index (χ3v) is 22.5. The molecule has 0 radical (unpaired) electrons. The van der Waals surface area contributed by atoms with Crippen LogP contribution in [0.25, 0.3) is 171 Å². The van der Waals surface area contributed by atoms with E-state index in [-0.39, 0.29) is 0 Å². The number of benzene rings is 15. The van der Waals surface area contributed by atoms with Gasteiger partial charge in [-0.3, -0.25) is 0 Å². The molecule has 0 atom stereocenters. The summed E-state index contributed by atoms with van der Waals surface area (Å²) in [7, 11) is 0. The molecule has 0 saturated heterocycles. The average Bonchev–Trinajstić information content (AvgIpc) is 1.46. The normalized spacial score (nSPS) is 12.9. The number of nitrogens with zero attached hydrogens (tertiary/aromatic N) is 3. The maximum atomic E-state index is 2.51. The van der Waals surface area contributed by atoms with Gasteiger partial charge in [-0.25, -0.2) is 0 Å². The molecule has 0 fully saturated rings. The standard InChI is InChI=1S/C87H51N3S2/c1-3-16-59(17-4-1)89-77-48-56(33-40-67(77)84-68-23-13-27-82-86(68)72(49-78(84)89)65-22-10-12-26-80(65)91-82)54-34-41-75-70(45-54)64-21-9-11-25-74(64)88(75)61-36-29-51(30-37-61)53-35-42-81-71(46-53)73-50-79-85(69-24-14-28-83(92-81)87(69)73)66-39-32-55(47-76(66)90(79)60-18-5-2-6-19-60)52-31-38-63-58(43-52)44-57-15-7-8-20-62(57)63/h1-43,45-50H,44H2. The second-order valence-corrected chi connectivity index (χ2v) is 27.2. The molecule has 5 heterocycles. The predicted molar refractivity (Wildman–Crippen MR) is 388 cm³/mol. The number of hydrogen-bond acceptors (Lipinski definition) is 2. The number of para-hydroxylation sites is 3. The highest BCUT2D eigenvalue weighted by molar-refractivity contribution is 8.00. The van der Waals surface area contributed by atoms with E-state index in [1.165, 1.54) is 184 Å². The Morgan fingerprint density at radius 1 is 0.207 bits per heavy atom. The van der Waals surface area contributed by atoms with Crippen molar-refractivity contribution in [2.45, 2.75) is 26.0 Å². The summed E-state index contributed by atoms with van der Waals surface area (Å²) in [4.78, 5) is 5.20. The lowest BCUT2D eigenvalue weighted by molar-refractivity contribution is 1.18. The van der Waals surface area contributed by atoms with Gasteiger partial charge in [-0.05, 0) is 204 Å². The first-order valence-corrected chi connectivity index (χ1v) is 33.4. The summed E-state index contributed by atoms with van der Waals surface area (Å²) in [5.41, 5.74) is 28.6. The van der Waals surface area contributed by atoms with Gasteiger partial charge in [0.05, 0.1) is 33.1 Å². The van der Waals surface area contributed by atoms with Gasteiger partial charge in [-0.1, -0.05) is 212 Å². The molecule has 0 bridgehead atoms. The monoisotopic (exact) mass is 1200 g/mol. The summed E-state index contributed by atoms with van der Waals surface area (Å²) in [6.45, 7) is 0. The van der Waals surface area contributed by atoms with E-state index < -0.39 is 0 Å². The summed E-state index contributed by atoms with van der Waals surface area (Å²) >= 11 is 3.78. The molecule has 0 N–H and O–H groups in total.